The molecule has 0 radical (unpaired) electrons. The van der Waals surface area contributed by atoms with E-state index in [1.165, 1.54) is 6.08 Å². The van der Waals surface area contributed by atoms with Crippen molar-refractivity contribution < 1.29 is 4.79 Å². The summed E-state index contributed by atoms with van der Waals surface area (Å²) >= 11 is 5.82. The third kappa shape index (κ3) is 6.81. The van der Waals surface area contributed by atoms with Crippen LogP contribution in [-0.4, -0.2) is 35.5 Å². The highest BCUT2D eigenvalue weighted by molar-refractivity contribution is 6.30. The maximum Gasteiger partial charge on any atom is 0.244 e. The lowest BCUT2D eigenvalue weighted by atomic mass is 10.2. The Morgan fingerprint density at radius 2 is 1.92 bits per heavy atom. The Bertz CT molecular complexity index is 731. The molecule has 0 unspecified atom stereocenters. The molecule has 132 valence electrons. The van der Waals surface area contributed by atoms with Gasteiger partial charge in [-0.25, -0.2) is 4.98 Å². The first-order valence-corrected chi connectivity index (χ1v) is 8.49. The number of amides is 1. The van der Waals surface area contributed by atoms with Crippen molar-refractivity contribution in [2.75, 3.05) is 30.3 Å². The topological polar surface area (TPSA) is 78.9 Å². The second kappa shape index (κ2) is 9.64. The largest absolute Gasteiger partial charge is 0.368 e. The van der Waals surface area contributed by atoms with E-state index in [9.17, 15) is 4.79 Å². The molecule has 3 N–H and O–H groups in total. The van der Waals surface area contributed by atoms with Crippen LogP contribution in [0.15, 0.2) is 36.4 Å². The fourth-order valence-corrected chi connectivity index (χ4v) is 2.20. The van der Waals surface area contributed by atoms with E-state index in [4.69, 9.17) is 11.6 Å². The predicted molar refractivity (Wildman–Crippen MR) is 103 cm³/mol. The van der Waals surface area contributed by atoms with E-state index in [1.54, 1.807) is 18.2 Å². The van der Waals surface area contributed by atoms with Crippen molar-refractivity contribution in [2.45, 2.75) is 13.8 Å². The van der Waals surface area contributed by atoms with E-state index in [-0.39, 0.29) is 5.91 Å². The molecule has 25 heavy (non-hydrogen) atoms. The minimum atomic E-state index is -0.149. The van der Waals surface area contributed by atoms with Crippen LogP contribution < -0.4 is 16.0 Å². The summed E-state index contributed by atoms with van der Waals surface area (Å²) in [5, 5.41) is 9.75. The first kappa shape index (κ1) is 18.7. The van der Waals surface area contributed by atoms with Gasteiger partial charge in [-0.2, -0.15) is 4.98 Å². The molecule has 0 saturated heterocycles. The molecule has 1 heterocycles. The molecule has 0 bridgehead atoms. The number of nitrogens with zero attached hydrogens (tertiary/aromatic N) is 2. The molecule has 2 rings (SSSR count). The van der Waals surface area contributed by atoms with E-state index in [2.05, 4.69) is 25.9 Å². The standard InChI is InChI=1S/C18H22ClN5O/c1-3-20-18-23-13(2)12-16(24-18)21-10-11-22-17(25)9-6-14-4-7-15(19)8-5-14/h4-9,12H,3,10-11H2,1-2H3,(H,22,25)(H2,20,21,23,24)/b9-6+. The fourth-order valence-electron chi connectivity index (χ4n) is 2.08. The molecule has 0 spiro atoms. The van der Waals surface area contributed by atoms with Crippen molar-refractivity contribution in [3.63, 3.8) is 0 Å². The van der Waals surface area contributed by atoms with Gasteiger partial charge in [0.2, 0.25) is 11.9 Å². The van der Waals surface area contributed by atoms with Crippen molar-refractivity contribution in [2.24, 2.45) is 0 Å². The van der Waals surface area contributed by atoms with Gasteiger partial charge < -0.3 is 16.0 Å². The van der Waals surface area contributed by atoms with E-state index in [0.29, 0.717) is 24.1 Å². The first-order chi connectivity index (χ1) is 12.1. The normalized spacial score (nSPS) is 10.7. The summed E-state index contributed by atoms with van der Waals surface area (Å²) in [5.41, 5.74) is 1.80. The average Bonchev–Trinajstić information content (AvgIpc) is 2.58. The number of benzene rings is 1. The third-order valence-electron chi connectivity index (χ3n) is 3.22. The second-order valence-corrected chi connectivity index (χ2v) is 5.79. The number of hydrogen-bond donors (Lipinski definition) is 3. The monoisotopic (exact) mass is 359 g/mol. The third-order valence-corrected chi connectivity index (χ3v) is 3.47. The van der Waals surface area contributed by atoms with Crippen LogP contribution in [0.1, 0.15) is 18.2 Å². The van der Waals surface area contributed by atoms with E-state index in [1.807, 2.05) is 32.0 Å². The highest BCUT2D eigenvalue weighted by atomic mass is 35.5. The van der Waals surface area contributed by atoms with Gasteiger partial charge in [-0.05, 0) is 37.6 Å². The van der Waals surface area contributed by atoms with Gasteiger partial charge in [0.1, 0.15) is 5.82 Å². The first-order valence-electron chi connectivity index (χ1n) is 8.11. The molecule has 7 heteroatoms. The SMILES string of the molecule is CCNc1nc(C)cc(NCCNC(=O)/C=C/c2ccc(Cl)cc2)n1. The lowest BCUT2D eigenvalue weighted by Crippen LogP contribution is -2.27. The van der Waals surface area contributed by atoms with Gasteiger partial charge in [0.05, 0.1) is 0 Å². The van der Waals surface area contributed by atoms with Crippen LogP contribution in [0, 0.1) is 6.92 Å². The molecule has 2 aromatic rings. The summed E-state index contributed by atoms with van der Waals surface area (Å²) in [6.07, 6.45) is 3.25. The van der Waals surface area contributed by atoms with Crippen LogP contribution >= 0.6 is 11.6 Å². The van der Waals surface area contributed by atoms with Crippen LogP contribution in [0.25, 0.3) is 6.08 Å². The minimum Gasteiger partial charge on any atom is -0.368 e. The van der Waals surface area contributed by atoms with E-state index in [0.717, 1.165) is 23.6 Å². The summed E-state index contributed by atoms with van der Waals surface area (Å²) in [6.45, 7) is 5.73. The summed E-state index contributed by atoms with van der Waals surface area (Å²) in [6, 6.07) is 9.14. The van der Waals surface area contributed by atoms with Gasteiger partial charge in [0, 0.05) is 42.5 Å². The van der Waals surface area contributed by atoms with Gasteiger partial charge in [-0.1, -0.05) is 23.7 Å². The van der Waals surface area contributed by atoms with Crippen molar-refractivity contribution >= 4 is 35.4 Å². The molecular formula is C18H22ClN5O. The lowest BCUT2D eigenvalue weighted by molar-refractivity contribution is -0.116. The number of carbonyl (C=O) groups is 1. The summed E-state index contributed by atoms with van der Waals surface area (Å²) < 4.78 is 0. The molecule has 1 amide bonds. The predicted octanol–water partition coefficient (Wildman–Crippen LogP) is 3.11. The Kier molecular flexibility index (Phi) is 7.22. The molecule has 0 aliphatic carbocycles. The summed E-state index contributed by atoms with van der Waals surface area (Å²) in [7, 11) is 0. The average molecular weight is 360 g/mol. The zero-order valence-electron chi connectivity index (χ0n) is 14.3. The molecular weight excluding hydrogens is 338 g/mol. The molecule has 0 atom stereocenters. The zero-order chi connectivity index (χ0) is 18.1. The van der Waals surface area contributed by atoms with Gasteiger partial charge >= 0.3 is 0 Å². The lowest BCUT2D eigenvalue weighted by Gasteiger charge is -2.09. The minimum absolute atomic E-state index is 0.149. The van der Waals surface area contributed by atoms with Crippen LogP contribution in [0.5, 0.6) is 0 Å². The van der Waals surface area contributed by atoms with Crippen LogP contribution in [0.3, 0.4) is 0 Å². The Morgan fingerprint density at radius 1 is 1.16 bits per heavy atom. The number of anilines is 2. The Labute approximate surface area is 152 Å². The Hall–Kier alpha value is -2.60. The van der Waals surface area contributed by atoms with Gasteiger partial charge in [-0.15, -0.1) is 0 Å². The molecule has 1 aromatic carbocycles. The fraction of sp³-hybridized carbons (Fsp3) is 0.278. The van der Waals surface area contributed by atoms with Crippen molar-refractivity contribution in [1.29, 1.82) is 0 Å². The number of rotatable bonds is 8. The zero-order valence-corrected chi connectivity index (χ0v) is 15.1. The maximum absolute atomic E-state index is 11.8. The second-order valence-electron chi connectivity index (χ2n) is 5.35. The van der Waals surface area contributed by atoms with E-state index < -0.39 is 0 Å². The number of carbonyl (C=O) groups excluding carboxylic acids is 1. The molecule has 0 fully saturated rings. The Balaban J connectivity index is 1.75. The molecule has 0 aliphatic heterocycles. The van der Waals surface area contributed by atoms with Gasteiger partial charge in [-0.3, -0.25) is 4.79 Å². The number of halogens is 1. The quantitative estimate of drug-likeness (QED) is 0.498. The van der Waals surface area contributed by atoms with Gasteiger partial charge in [0.25, 0.3) is 0 Å². The highest BCUT2D eigenvalue weighted by Gasteiger charge is 2.01. The molecule has 6 nitrogen and oxygen atoms in total. The number of nitrogens with one attached hydrogen (secondary N) is 3. The molecule has 0 aliphatic rings. The number of aromatic nitrogens is 2. The van der Waals surface area contributed by atoms with Crippen molar-refractivity contribution in [3.05, 3.63) is 52.7 Å². The summed E-state index contributed by atoms with van der Waals surface area (Å²) in [4.78, 5) is 20.4. The molecule has 1 aromatic heterocycles. The van der Waals surface area contributed by atoms with Gasteiger partial charge in [0.15, 0.2) is 0 Å². The van der Waals surface area contributed by atoms with E-state index >= 15 is 0 Å². The number of hydrogen-bond acceptors (Lipinski definition) is 5. The van der Waals surface area contributed by atoms with Crippen LogP contribution in [0.4, 0.5) is 11.8 Å². The van der Waals surface area contributed by atoms with Crippen LogP contribution in [-0.2, 0) is 4.79 Å². The molecule has 0 saturated carbocycles. The van der Waals surface area contributed by atoms with Crippen molar-refractivity contribution in [1.82, 2.24) is 15.3 Å². The van der Waals surface area contributed by atoms with Crippen LogP contribution in [0.2, 0.25) is 5.02 Å². The maximum atomic E-state index is 11.8. The van der Waals surface area contributed by atoms with Crippen molar-refractivity contribution in [3.8, 4) is 0 Å². The smallest absolute Gasteiger partial charge is 0.244 e. The Morgan fingerprint density at radius 3 is 2.64 bits per heavy atom. The highest BCUT2D eigenvalue weighted by Crippen LogP contribution is 2.10. The number of aryl methyl sites for hydroxylation is 1. The summed E-state index contributed by atoms with van der Waals surface area (Å²) in [5.74, 6) is 1.18.